The number of amides is 1. The van der Waals surface area contributed by atoms with E-state index in [0.717, 1.165) is 5.56 Å². The number of hydrogen-bond acceptors (Lipinski definition) is 11. The molecule has 0 aliphatic carbocycles. The van der Waals surface area contributed by atoms with Gasteiger partial charge in [-0.25, -0.2) is 4.79 Å². The first-order chi connectivity index (χ1) is 21.8. The van der Waals surface area contributed by atoms with Gasteiger partial charge in [0.1, 0.15) is 19.0 Å². The number of ether oxygens (including phenoxy) is 9. The normalized spacial score (nSPS) is 10.7. The van der Waals surface area contributed by atoms with Crippen LogP contribution in [0.1, 0.15) is 5.56 Å². The zero-order valence-electron chi connectivity index (χ0n) is 25.1. The molecular formula is C30H44N4O10. The number of carbonyl (C=O) groups excluding carboxylic acids is 1. The largest absolute Gasteiger partial charge is 0.491 e. The van der Waals surface area contributed by atoms with Crippen LogP contribution >= 0.6 is 0 Å². The van der Waals surface area contributed by atoms with Gasteiger partial charge in [0, 0.05) is 17.1 Å². The lowest BCUT2D eigenvalue weighted by molar-refractivity contribution is -0.0210. The topological polar surface area (TPSA) is 161 Å². The maximum Gasteiger partial charge on any atom is 0.411 e. The van der Waals surface area contributed by atoms with E-state index in [-0.39, 0.29) is 6.61 Å². The fourth-order valence-corrected chi connectivity index (χ4v) is 3.30. The first-order valence-electron chi connectivity index (χ1n) is 14.5. The molecule has 1 amide bonds. The minimum absolute atomic E-state index is 0.210. The van der Waals surface area contributed by atoms with E-state index in [9.17, 15) is 4.79 Å². The number of benzene rings is 2. The number of anilines is 1. The molecule has 2 aromatic carbocycles. The minimum atomic E-state index is -0.518. The van der Waals surface area contributed by atoms with Gasteiger partial charge in [0.25, 0.3) is 0 Å². The summed E-state index contributed by atoms with van der Waals surface area (Å²) >= 11 is 0. The third-order valence-corrected chi connectivity index (χ3v) is 5.44. The van der Waals surface area contributed by atoms with Crippen molar-refractivity contribution >= 4 is 11.8 Å². The fourth-order valence-electron chi connectivity index (χ4n) is 3.30. The molecule has 0 bridgehead atoms. The number of nitrogens with zero attached hydrogens (tertiary/aromatic N) is 3. The van der Waals surface area contributed by atoms with Crippen LogP contribution < -0.4 is 10.1 Å². The molecule has 1 N–H and O–H groups in total. The lowest BCUT2D eigenvalue weighted by atomic mass is 10.2. The van der Waals surface area contributed by atoms with E-state index in [1.54, 1.807) is 24.3 Å². The van der Waals surface area contributed by atoms with E-state index in [4.69, 9.17) is 48.2 Å². The monoisotopic (exact) mass is 620 g/mol. The van der Waals surface area contributed by atoms with Crippen molar-refractivity contribution < 1.29 is 47.4 Å². The Morgan fingerprint density at radius 3 is 1.55 bits per heavy atom. The van der Waals surface area contributed by atoms with Gasteiger partial charge in [-0.05, 0) is 35.4 Å². The Bertz CT molecular complexity index is 1010. The number of carbonyl (C=O) groups is 1. The highest BCUT2D eigenvalue weighted by molar-refractivity contribution is 5.84. The fraction of sp³-hybridized carbons (Fsp3) is 0.567. The van der Waals surface area contributed by atoms with Crippen molar-refractivity contribution in [2.45, 2.75) is 6.61 Å². The van der Waals surface area contributed by atoms with Crippen molar-refractivity contribution in [1.29, 1.82) is 0 Å². The Morgan fingerprint density at radius 1 is 0.614 bits per heavy atom. The molecule has 0 spiro atoms. The molecule has 0 heterocycles. The zero-order chi connectivity index (χ0) is 31.2. The summed E-state index contributed by atoms with van der Waals surface area (Å²) in [5.74, 6) is 0.672. The van der Waals surface area contributed by atoms with Gasteiger partial charge < -0.3 is 42.6 Å². The smallest absolute Gasteiger partial charge is 0.411 e. The summed E-state index contributed by atoms with van der Waals surface area (Å²) in [6.45, 7) is 7.43. The zero-order valence-corrected chi connectivity index (χ0v) is 25.1. The van der Waals surface area contributed by atoms with Crippen LogP contribution in [0.4, 0.5) is 10.5 Å². The summed E-state index contributed by atoms with van der Waals surface area (Å²) in [6, 6.07) is 16.5. The van der Waals surface area contributed by atoms with E-state index in [2.05, 4.69) is 15.3 Å². The molecule has 14 heteroatoms. The van der Waals surface area contributed by atoms with Crippen molar-refractivity contribution in [2.24, 2.45) is 5.11 Å². The van der Waals surface area contributed by atoms with Crippen LogP contribution in [0.3, 0.4) is 0 Å². The standard InChI is InChI=1S/C30H44N4O10/c31-34-32-10-11-36-12-13-37-14-15-38-16-17-39-18-19-40-20-21-41-22-23-42-24-25-43-29-8-6-28(7-9-29)33-30(35)44-26-27-4-2-1-3-5-27/h1-9H,10-26H2,(H,33,35). The molecule has 0 aliphatic heterocycles. The van der Waals surface area contributed by atoms with E-state index in [0.29, 0.717) is 117 Å². The van der Waals surface area contributed by atoms with Gasteiger partial charge in [0.05, 0.1) is 92.5 Å². The van der Waals surface area contributed by atoms with Crippen molar-refractivity contribution in [1.82, 2.24) is 0 Å². The van der Waals surface area contributed by atoms with Gasteiger partial charge in [-0.1, -0.05) is 35.4 Å². The van der Waals surface area contributed by atoms with Crippen molar-refractivity contribution in [3.63, 3.8) is 0 Å². The van der Waals surface area contributed by atoms with Crippen molar-refractivity contribution in [3.8, 4) is 5.75 Å². The minimum Gasteiger partial charge on any atom is -0.491 e. The summed E-state index contributed by atoms with van der Waals surface area (Å²) in [5, 5.41) is 6.06. The first kappa shape index (κ1) is 36.7. The lowest BCUT2D eigenvalue weighted by Gasteiger charge is -2.10. The summed E-state index contributed by atoms with van der Waals surface area (Å²) in [5.41, 5.74) is 9.67. The summed E-state index contributed by atoms with van der Waals surface area (Å²) in [7, 11) is 0. The van der Waals surface area contributed by atoms with Crippen molar-refractivity contribution in [3.05, 3.63) is 70.6 Å². The molecule has 0 saturated carbocycles. The molecule has 2 aromatic rings. The van der Waals surface area contributed by atoms with Crippen LogP contribution in [0.25, 0.3) is 10.4 Å². The average molecular weight is 621 g/mol. The molecule has 2 rings (SSSR count). The Morgan fingerprint density at radius 2 is 1.07 bits per heavy atom. The highest BCUT2D eigenvalue weighted by atomic mass is 16.6. The van der Waals surface area contributed by atoms with Crippen LogP contribution in [0.5, 0.6) is 5.75 Å². The van der Waals surface area contributed by atoms with E-state index in [1.165, 1.54) is 0 Å². The molecule has 0 aromatic heterocycles. The van der Waals surface area contributed by atoms with Crippen LogP contribution in [0.15, 0.2) is 59.7 Å². The van der Waals surface area contributed by atoms with Gasteiger partial charge in [-0.2, -0.15) is 0 Å². The van der Waals surface area contributed by atoms with E-state index < -0.39 is 6.09 Å². The van der Waals surface area contributed by atoms with Crippen LogP contribution in [-0.2, 0) is 44.5 Å². The molecule has 0 saturated heterocycles. The second-order valence-electron chi connectivity index (χ2n) is 8.80. The molecule has 0 unspecified atom stereocenters. The maximum absolute atomic E-state index is 11.9. The van der Waals surface area contributed by atoms with Crippen LogP contribution in [0.2, 0.25) is 0 Å². The number of hydrogen-bond donors (Lipinski definition) is 1. The second kappa shape index (κ2) is 27.1. The Balaban J connectivity index is 1.27. The average Bonchev–Trinajstić information content (AvgIpc) is 3.05. The molecule has 0 atom stereocenters. The van der Waals surface area contributed by atoms with Gasteiger partial charge >= 0.3 is 6.09 Å². The number of nitrogens with one attached hydrogen (secondary N) is 1. The van der Waals surface area contributed by atoms with E-state index in [1.807, 2.05) is 30.3 Å². The predicted octanol–water partition coefficient (Wildman–Crippen LogP) is 4.24. The molecule has 0 radical (unpaired) electrons. The molecule has 14 nitrogen and oxygen atoms in total. The van der Waals surface area contributed by atoms with E-state index >= 15 is 0 Å². The summed E-state index contributed by atoms with van der Waals surface area (Å²) < 4.78 is 48.8. The SMILES string of the molecule is [N-]=[N+]=NCCOCCOCCOCCOCCOCCOCCOCCOc1ccc(NC(=O)OCc2ccccc2)cc1. The Hall–Kier alpha value is -3.46. The second-order valence-corrected chi connectivity index (χ2v) is 8.80. The maximum atomic E-state index is 11.9. The quantitative estimate of drug-likeness (QED) is 0.0630. The lowest BCUT2D eigenvalue weighted by Crippen LogP contribution is -2.15. The van der Waals surface area contributed by atoms with Crippen LogP contribution in [0, 0.1) is 0 Å². The molecular weight excluding hydrogens is 576 g/mol. The molecule has 44 heavy (non-hydrogen) atoms. The van der Waals surface area contributed by atoms with Gasteiger partial charge in [-0.3, -0.25) is 5.32 Å². The number of azide groups is 1. The predicted molar refractivity (Wildman–Crippen MR) is 162 cm³/mol. The van der Waals surface area contributed by atoms with Gasteiger partial charge in [0.2, 0.25) is 0 Å². The Kier molecular flexibility index (Phi) is 22.6. The summed E-state index contributed by atoms with van der Waals surface area (Å²) in [4.78, 5) is 14.6. The molecule has 0 aliphatic rings. The highest BCUT2D eigenvalue weighted by Crippen LogP contribution is 2.16. The Labute approximate surface area is 258 Å². The number of rotatable bonds is 28. The van der Waals surface area contributed by atoms with Gasteiger partial charge in [-0.15, -0.1) is 0 Å². The molecule has 0 fully saturated rings. The molecule has 244 valence electrons. The van der Waals surface area contributed by atoms with Crippen molar-refractivity contribution in [2.75, 3.05) is 111 Å². The third kappa shape index (κ3) is 21.3. The van der Waals surface area contributed by atoms with Crippen LogP contribution in [-0.4, -0.2) is 112 Å². The first-order valence-corrected chi connectivity index (χ1v) is 14.5. The summed E-state index contributed by atoms with van der Waals surface area (Å²) in [6.07, 6.45) is -0.518. The third-order valence-electron chi connectivity index (χ3n) is 5.44. The van der Waals surface area contributed by atoms with Gasteiger partial charge in [0.15, 0.2) is 0 Å². The highest BCUT2D eigenvalue weighted by Gasteiger charge is 2.04.